The van der Waals surface area contributed by atoms with Crippen LogP contribution < -0.4 is 18.9 Å². The van der Waals surface area contributed by atoms with Gasteiger partial charge in [-0.1, -0.05) is 17.7 Å². The first-order chi connectivity index (χ1) is 16.0. The van der Waals surface area contributed by atoms with Crippen LogP contribution in [-0.4, -0.2) is 45.3 Å². The fourth-order valence-electron chi connectivity index (χ4n) is 4.24. The van der Waals surface area contributed by atoms with Gasteiger partial charge in [0.15, 0.2) is 11.5 Å². The highest BCUT2D eigenvalue weighted by atomic mass is 16.5. The second kappa shape index (κ2) is 9.86. The van der Waals surface area contributed by atoms with Crippen LogP contribution in [0.25, 0.3) is 0 Å². The number of carbonyl (C=O) groups is 1. The van der Waals surface area contributed by atoms with Crippen molar-refractivity contribution in [2.24, 2.45) is 0 Å². The summed E-state index contributed by atoms with van der Waals surface area (Å²) in [4.78, 5) is 15.4. The standard InChI is InChI=1S/C27H29NO5/c1-18-6-5-7-20(14-18)27(29)28-13-12-19-15-25(31-3)26(32-4)16-23(19)24(28)17-33-22-10-8-21(30-2)9-11-22/h5-11,14-16,24H,12-13,17H2,1-4H3/t24-/m0/s1. The molecular formula is C27H29NO5. The summed E-state index contributed by atoms with van der Waals surface area (Å²) in [5.41, 5.74) is 3.86. The zero-order valence-electron chi connectivity index (χ0n) is 19.5. The summed E-state index contributed by atoms with van der Waals surface area (Å²) in [6, 6.07) is 18.8. The molecule has 1 atom stereocenters. The molecule has 1 aliphatic rings. The molecule has 3 aromatic carbocycles. The van der Waals surface area contributed by atoms with Crippen molar-refractivity contribution in [3.63, 3.8) is 0 Å². The summed E-state index contributed by atoms with van der Waals surface area (Å²) in [7, 11) is 4.88. The van der Waals surface area contributed by atoms with Crippen molar-refractivity contribution < 1.29 is 23.7 Å². The van der Waals surface area contributed by atoms with E-state index in [1.54, 1.807) is 21.3 Å². The van der Waals surface area contributed by atoms with E-state index >= 15 is 0 Å². The third-order valence-electron chi connectivity index (χ3n) is 6.00. The number of hydrogen-bond acceptors (Lipinski definition) is 5. The number of nitrogens with zero attached hydrogens (tertiary/aromatic N) is 1. The van der Waals surface area contributed by atoms with Gasteiger partial charge >= 0.3 is 0 Å². The van der Waals surface area contributed by atoms with Gasteiger partial charge in [-0.05, 0) is 73.0 Å². The van der Waals surface area contributed by atoms with Gasteiger partial charge in [-0.25, -0.2) is 0 Å². The van der Waals surface area contributed by atoms with Crippen molar-refractivity contribution in [2.75, 3.05) is 34.5 Å². The highest BCUT2D eigenvalue weighted by Gasteiger charge is 2.33. The second-order valence-electron chi connectivity index (χ2n) is 8.03. The average molecular weight is 448 g/mol. The van der Waals surface area contributed by atoms with E-state index in [4.69, 9.17) is 18.9 Å². The van der Waals surface area contributed by atoms with E-state index in [1.165, 1.54) is 0 Å². The highest BCUT2D eigenvalue weighted by Crippen LogP contribution is 2.39. The molecule has 0 aromatic heterocycles. The van der Waals surface area contributed by atoms with Crippen LogP contribution >= 0.6 is 0 Å². The molecule has 1 heterocycles. The molecule has 0 saturated carbocycles. The Morgan fingerprint density at radius 1 is 0.909 bits per heavy atom. The minimum Gasteiger partial charge on any atom is -0.497 e. The molecule has 0 saturated heterocycles. The molecular weight excluding hydrogens is 418 g/mol. The number of fused-ring (bicyclic) bond motifs is 1. The highest BCUT2D eigenvalue weighted by molar-refractivity contribution is 5.95. The number of carbonyl (C=O) groups excluding carboxylic acids is 1. The molecule has 6 nitrogen and oxygen atoms in total. The van der Waals surface area contributed by atoms with Crippen LogP contribution in [0.15, 0.2) is 60.7 Å². The number of methoxy groups -OCH3 is 3. The molecule has 0 unspecified atom stereocenters. The van der Waals surface area contributed by atoms with E-state index in [1.807, 2.05) is 72.5 Å². The van der Waals surface area contributed by atoms with E-state index in [0.717, 1.165) is 28.9 Å². The molecule has 0 bridgehead atoms. The summed E-state index contributed by atoms with van der Waals surface area (Å²) < 4.78 is 22.4. The Labute approximate surface area is 194 Å². The maximum atomic E-state index is 13.5. The smallest absolute Gasteiger partial charge is 0.254 e. The molecule has 0 radical (unpaired) electrons. The van der Waals surface area contributed by atoms with Crippen LogP contribution in [0.4, 0.5) is 0 Å². The van der Waals surface area contributed by atoms with Gasteiger partial charge in [0.1, 0.15) is 18.1 Å². The van der Waals surface area contributed by atoms with E-state index in [0.29, 0.717) is 36.0 Å². The SMILES string of the molecule is COc1ccc(OC[C@H]2c3cc(OC)c(OC)cc3CCN2C(=O)c2cccc(C)c2)cc1. The lowest BCUT2D eigenvalue weighted by molar-refractivity contribution is 0.0589. The van der Waals surface area contributed by atoms with Crippen LogP contribution in [0, 0.1) is 6.92 Å². The summed E-state index contributed by atoms with van der Waals surface area (Å²) in [6.07, 6.45) is 0.728. The fourth-order valence-corrected chi connectivity index (χ4v) is 4.24. The van der Waals surface area contributed by atoms with Crippen molar-refractivity contribution in [2.45, 2.75) is 19.4 Å². The minimum absolute atomic E-state index is 0.0116. The predicted molar refractivity (Wildman–Crippen MR) is 127 cm³/mol. The van der Waals surface area contributed by atoms with Crippen molar-refractivity contribution in [3.8, 4) is 23.0 Å². The third kappa shape index (κ3) is 4.75. The fraction of sp³-hybridized carbons (Fsp3) is 0.296. The first kappa shape index (κ1) is 22.5. The van der Waals surface area contributed by atoms with Gasteiger partial charge in [0.05, 0.1) is 27.4 Å². The number of aryl methyl sites for hydroxylation is 1. The van der Waals surface area contributed by atoms with Crippen LogP contribution in [0.1, 0.15) is 33.1 Å². The quantitative estimate of drug-likeness (QED) is 0.519. The zero-order valence-corrected chi connectivity index (χ0v) is 19.5. The second-order valence-corrected chi connectivity index (χ2v) is 8.03. The number of ether oxygens (including phenoxy) is 4. The van der Waals surface area contributed by atoms with E-state index in [2.05, 4.69) is 0 Å². The molecule has 0 aliphatic carbocycles. The normalized spacial score (nSPS) is 14.9. The number of hydrogen-bond donors (Lipinski definition) is 0. The van der Waals surface area contributed by atoms with E-state index in [-0.39, 0.29) is 11.9 Å². The molecule has 4 rings (SSSR count). The molecule has 0 fully saturated rings. The lowest BCUT2D eigenvalue weighted by Gasteiger charge is -2.37. The summed E-state index contributed by atoms with van der Waals surface area (Å²) >= 11 is 0. The van der Waals surface area contributed by atoms with Gasteiger partial charge in [0, 0.05) is 12.1 Å². The van der Waals surface area contributed by atoms with E-state index < -0.39 is 0 Å². The van der Waals surface area contributed by atoms with Gasteiger partial charge in [-0.15, -0.1) is 0 Å². The molecule has 0 spiro atoms. The maximum absolute atomic E-state index is 13.5. The third-order valence-corrected chi connectivity index (χ3v) is 6.00. The van der Waals surface area contributed by atoms with Crippen molar-refractivity contribution >= 4 is 5.91 Å². The van der Waals surface area contributed by atoms with Crippen LogP contribution in [0.3, 0.4) is 0 Å². The van der Waals surface area contributed by atoms with Gasteiger partial charge in [0.2, 0.25) is 0 Å². The molecule has 172 valence electrons. The van der Waals surface area contributed by atoms with Crippen molar-refractivity contribution in [3.05, 3.63) is 82.9 Å². The summed E-state index contributed by atoms with van der Waals surface area (Å²) in [5.74, 6) is 2.78. The lowest BCUT2D eigenvalue weighted by Crippen LogP contribution is -2.42. The van der Waals surface area contributed by atoms with Crippen molar-refractivity contribution in [1.82, 2.24) is 4.90 Å². The van der Waals surface area contributed by atoms with Gasteiger partial charge in [-0.3, -0.25) is 4.79 Å². The Kier molecular flexibility index (Phi) is 6.73. The topological polar surface area (TPSA) is 57.2 Å². The molecule has 33 heavy (non-hydrogen) atoms. The summed E-state index contributed by atoms with van der Waals surface area (Å²) in [5, 5.41) is 0. The van der Waals surface area contributed by atoms with Crippen molar-refractivity contribution in [1.29, 1.82) is 0 Å². The Morgan fingerprint density at radius 3 is 2.27 bits per heavy atom. The lowest BCUT2D eigenvalue weighted by atomic mass is 9.91. The monoisotopic (exact) mass is 447 g/mol. The summed E-state index contributed by atoms with van der Waals surface area (Å²) in [6.45, 7) is 2.89. The molecule has 1 amide bonds. The zero-order chi connectivity index (χ0) is 23.4. The maximum Gasteiger partial charge on any atom is 0.254 e. The largest absolute Gasteiger partial charge is 0.497 e. The Bertz CT molecular complexity index is 1130. The molecule has 1 aliphatic heterocycles. The first-order valence-corrected chi connectivity index (χ1v) is 10.9. The van der Waals surface area contributed by atoms with Crippen LogP contribution in [-0.2, 0) is 6.42 Å². The minimum atomic E-state index is -0.274. The Morgan fingerprint density at radius 2 is 1.61 bits per heavy atom. The predicted octanol–water partition coefficient (Wildman–Crippen LogP) is 4.84. The van der Waals surface area contributed by atoms with Gasteiger partial charge in [-0.2, -0.15) is 0 Å². The Balaban J connectivity index is 1.69. The average Bonchev–Trinajstić information content (AvgIpc) is 2.86. The molecule has 3 aromatic rings. The van der Waals surface area contributed by atoms with Crippen LogP contribution in [0.2, 0.25) is 0 Å². The van der Waals surface area contributed by atoms with Gasteiger partial charge in [0.25, 0.3) is 5.91 Å². The van der Waals surface area contributed by atoms with Crippen LogP contribution in [0.5, 0.6) is 23.0 Å². The first-order valence-electron chi connectivity index (χ1n) is 10.9. The number of benzene rings is 3. The molecule has 0 N–H and O–H groups in total. The molecule has 6 heteroatoms. The van der Waals surface area contributed by atoms with E-state index in [9.17, 15) is 4.79 Å². The number of amides is 1. The van der Waals surface area contributed by atoms with Gasteiger partial charge < -0.3 is 23.8 Å². The number of rotatable bonds is 7. The Hall–Kier alpha value is -3.67.